The van der Waals surface area contributed by atoms with Gasteiger partial charge >= 0.3 is 0 Å². The van der Waals surface area contributed by atoms with E-state index in [1.54, 1.807) is 25.3 Å². The Morgan fingerprint density at radius 1 is 1.21 bits per heavy atom. The number of methoxy groups -OCH3 is 1. The van der Waals surface area contributed by atoms with Gasteiger partial charge in [-0.1, -0.05) is 29.8 Å². The van der Waals surface area contributed by atoms with E-state index in [0.29, 0.717) is 47.4 Å². The molecule has 0 bridgehead atoms. The van der Waals surface area contributed by atoms with Crippen molar-refractivity contribution in [3.05, 3.63) is 74.3 Å². The number of hydrogen-bond donors (Lipinski definition) is 2. The Balaban J connectivity index is 1.80. The first-order chi connectivity index (χ1) is 13.5. The Morgan fingerprint density at radius 2 is 1.96 bits per heavy atom. The minimum Gasteiger partial charge on any atom is -0.385 e. The molecule has 0 unspecified atom stereocenters. The molecule has 0 saturated carbocycles. The second kappa shape index (κ2) is 8.95. The molecule has 0 aliphatic carbocycles. The maximum absolute atomic E-state index is 12.7. The van der Waals surface area contributed by atoms with E-state index in [2.05, 4.69) is 10.3 Å². The van der Waals surface area contributed by atoms with Crippen LogP contribution in [-0.2, 0) is 17.8 Å². The first-order valence-corrected chi connectivity index (χ1v) is 9.50. The van der Waals surface area contributed by atoms with Gasteiger partial charge in [0.15, 0.2) is 4.77 Å². The van der Waals surface area contributed by atoms with Gasteiger partial charge in [0.2, 0.25) is 0 Å². The number of H-pyrrole nitrogens is 1. The van der Waals surface area contributed by atoms with E-state index in [1.165, 1.54) is 10.1 Å². The zero-order valence-electron chi connectivity index (χ0n) is 16.0. The molecule has 0 saturated heterocycles. The summed E-state index contributed by atoms with van der Waals surface area (Å²) in [6.07, 6.45) is 0.693. The molecule has 3 rings (SSSR count). The van der Waals surface area contributed by atoms with Crippen molar-refractivity contribution in [1.82, 2.24) is 14.9 Å². The summed E-state index contributed by atoms with van der Waals surface area (Å²) in [6.45, 7) is 3.50. The van der Waals surface area contributed by atoms with Gasteiger partial charge in [0.05, 0.1) is 10.9 Å². The van der Waals surface area contributed by atoms with Crippen LogP contribution in [0.1, 0.15) is 27.9 Å². The van der Waals surface area contributed by atoms with Crippen molar-refractivity contribution in [3.63, 3.8) is 0 Å². The van der Waals surface area contributed by atoms with Crippen LogP contribution in [0.5, 0.6) is 0 Å². The van der Waals surface area contributed by atoms with Crippen LogP contribution in [0.3, 0.4) is 0 Å². The van der Waals surface area contributed by atoms with Crippen molar-refractivity contribution in [2.24, 2.45) is 0 Å². The molecule has 0 atom stereocenters. The number of aromatic nitrogens is 2. The molecule has 2 N–H and O–H groups in total. The number of aryl methyl sites for hydroxylation is 1. The Hall–Kier alpha value is -2.77. The van der Waals surface area contributed by atoms with E-state index in [9.17, 15) is 9.59 Å². The molecule has 1 heterocycles. The maximum Gasteiger partial charge on any atom is 0.262 e. The highest BCUT2D eigenvalue weighted by Gasteiger charge is 2.10. The normalized spacial score (nSPS) is 10.9. The van der Waals surface area contributed by atoms with Crippen molar-refractivity contribution in [3.8, 4) is 0 Å². The number of carbonyl (C=O) groups is 1. The lowest BCUT2D eigenvalue weighted by atomic mass is 10.1. The third kappa shape index (κ3) is 4.55. The molecular formula is C21H23N3O3S. The lowest BCUT2D eigenvalue weighted by Gasteiger charge is -2.10. The van der Waals surface area contributed by atoms with E-state index in [1.807, 2.05) is 31.2 Å². The van der Waals surface area contributed by atoms with Crippen LogP contribution in [0.15, 0.2) is 47.3 Å². The molecule has 0 fully saturated rings. The quantitative estimate of drug-likeness (QED) is 0.474. The number of nitrogens with one attached hydrogen (secondary N) is 2. The Labute approximate surface area is 168 Å². The van der Waals surface area contributed by atoms with Gasteiger partial charge in [-0.25, -0.2) is 0 Å². The second-order valence-electron chi connectivity index (χ2n) is 6.66. The van der Waals surface area contributed by atoms with E-state index >= 15 is 0 Å². The fourth-order valence-corrected chi connectivity index (χ4v) is 3.24. The predicted octanol–water partition coefficient (Wildman–Crippen LogP) is 3.33. The number of fused-ring (bicyclic) bond motifs is 1. The fraction of sp³-hybridized carbons (Fsp3) is 0.286. The molecule has 1 amide bonds. The summed E-state index contributed by atoms with van der Waals surface area (Å²) >= 11 is 5.32. The van der Waals surface area contributed by atoms with Crippen LogP contribution in [0.4, 0.5) is 0 Å². The lowest BCUT2D eigenvalue weighted by molar-refractivity contribution is 0.0951. The third-order valence-electron chi connectivity index (χ3n) is 4.55. The van der Waals surface area contributed by atoms with E-state index in [4.69, 9.17) is 17.0 Å². The molecule has 7 heteroatoms. The summed E-state index contributed by atoms with van der Waals surface area (Å²) in [5.41, 5.74) is 3.06. The second-order valence-corrected chi connectivity index (χ2v) is 7.05. The number of benzene rings is 2. The average Bonchev–Trinajstić information content (AvgIpc) is 2.69. The van der Waals surface area contributed by atoms with Crippen LogP contribution in [-0.4, -0.2) is 29.2 Å². The van der Waals surface area contributed by atoms with Crippen LogP contribution >= 0.6 is 12.2 Å². The highest BCUT2D eigenvalue weighted by molar-refractivity contribution is 7.71. The highest BCUT2D eigenvalue weighted by atomic mass is 32.1. The van der Waals surface area contributed by atoms with Gasteiger partial charge in [-0.3, -0.25) is 14.2 Å². The molecule has 146 valence electrons. The third-order valence-corrected chi connectivity index (χ3v) is 4.87. The van der Waals surface area contributed by atoms with Gasteiger partial charge in [-0.2, -0.15) is 0 Å². The molecule has 0 aliphatic rings. The molecule has 0 aliphatic heterocycles. The number of ether oxygens (including phenoxy) is 1. The molecule has 6 nitrogen and oxygen atoms in total. The van der Waals surface area contributed by atoms with Crippen LogP contribution < -0.4 is 10.9 Å². The smallest absolute Gasteiger partial charge is 0.262 e. The summed E-state index contributed by atoms with van der Waals surface area (Å²) in [5, 5.41) is 3.40. The number of amides is 1. The molecule has 1 aromatic heterocycles. The van der Waals surface area contributed by atoms with Crippen molar-refractivity contribution in [2.75, 3.05) is 13.7 Å². The first-order valence-electron chi connectivity index (χ1n) is 9.09. The van der Waals surface area contributed by atoms with Gasteiger partial charge in [0.25, 0.3) is 11.5 Å². The van der Waals surface area contributed by atoms with Gasteiger partial charge < -0.3 is 15.0 Å². The zero-order chi connectivity index (χ0) is 20.1. The lowest BCUT2D eigenvalue weighted by Crippen LogP contribution is -2.24. The number of aromatic amines is 1. The minimum atomic E-state index is -0.203. The van der Waals surface area contributed by atoms with Gasteiger partial charge in [0, 0.05) is 32.4 Å². The largest absolute Gasteiger partial charge is 0.385 e. The fourth-order valence-electron chi connectivity index (χ4n) is 2.96. The molecule has 3 aromatic rings. The van der Waals surface area contributed by atoms with Crippen molar-refractivity contribution >= 4 is 29.0 Å². The van der Waals surface area contributed by atoms with E-state index in [0.717, 1.165) is 5.56 Å². The zero-order valence-corrected chi connectivity index (χ0v) is 16.8. The highest BCUT2D eigenvalue weighted by Crippen LogP contribution is 2.12. The molecule has 28 heavy (non-hydrogen) atoms. The predicted molar refractivity (Wildman–Crippen MR) is 112 cm³/mol. The summed E-state index contributed by atoms with van der Waals surface area (Å²) in [6, 6.07) is 13.0. The average molecular weight is 398 g/mol. The number of rotatable bonds is 7. The topological polar surface area (TPSA) is 76.1 Å². The SMILES string of the molecule is COCCCn1c(=S)[nH]c2cc(C(=O)NCc3ccc(C)cc3)ccc2c1=O. The first kappa shape index (κ1) is 20.0. The Morgan fingerprint density at radius 3 is 2.68 bits per heavy atom. The minimum absolute atomic E-state index is 0.165. The van der Waals surface area contributed by atoms with Crippen molar-refractivity contribution in [1.29, 1.82) is 0 Å². The summed E-state index contributed by atoms with van der Waals surface area (Å²) in [5.74, 6) is -0.203. The monoisotopic (exact) mass is 397 g/mol. The number of carbonyl (C=O) groups excluding carboxylic acids is 1. The summed E-state index contributed by atoms with van der Waals surface area (Å²) in [7, 11) is 1.62. The molecule has 0 radical (unpaired) electrons. The molecule has 2 aromatic carbocycles. The van der Waals surface area contributed by atoms with Gasteiger partial charge in [-0.15, -0.1) is 0 Å². The summed E-state index contributed by atoms with van der Waals surface area (Å²) < 4.78 is 6.89. The van der Waals surface area contributed by atoms with E-state index in [-0.39, 0.29) is 11.5 Å². The van der Waals surface area contributed by atoms with Crippen LogP contribution in [0.2, 0.25) is 0 Å². The van der Waals surface area contributed by atoms with Crippen molar-refractivity contribution in [2.45, 2.75) is 26.4 Å². The molecule has 0 spiro atoms. The standard InChI is InChI=1S/C21H23N3O3S/c1-14-4-6-15(7-5-14)13-22-19(25)16-8-9-17-18(12-16)23-21(28)24(20(17)26)10-3-11-27-2/h4-9,12H,3,10-11,13H2,1-2H3,(H,22,25)(H,23,28). The maximum atomic E-state index is 12.7. The van der Waals surface area contributed by atoms with Gasteiger partial charge in [-0.05, 0) is 49.3 Å². The van der Waals surface area contributed by atoms with Crippen LogP contribution in [0, 0.1) is 11.7 Å². The van der Waals surface area contributed by atoms with Gasteiger partial charge in [0.1, 0.15) is 0 Å². The summed E-state index contributed by atoms with van der Waals surface area (Å²) in [4.78, 5) is 28.2. The Bertz CT molecular complexity index is 1100. The van der Waals surface area contributed by atoms with Crippen LogP contribution in [0.25, 0.3) is 10.9 Å². The van der Waals surface area contributed by atoms with E-state index < -0.39 is 0 Å². The molecular weight excluding hydrogens is 374 g/mol. The Kier molecular flexibility index (Phi) is 6.38. The number of hydrogen-bond acceptors (Lipinski definition) is 4. The number of nitrogens with zero attached hydrogens (tertiary/aromatic N) is 1. The van der Waals surface area contributed by atoms with Crippen molar-refractivity contribution < 1.29 is 9.53 Å².